The Balaban J connectivity index is 2.70. The fraction of sp³-hybridized carbons (Fsp3) is 0.250. The third kappa shape index (κ3) is 4.57. The highest BCUT2D eigenvalue weighted by atomic mass is 31.1. The Kier molecular flexibility index (Phi) is 8.50. The van der Waals surface area contributed by atoms with Crippen LogP contribution in [0.3, 0.4) is 0 Å². The largest absolute Gasteiger partial charge is 0.373 e. The zero-order chi connectivity index (χ0) is 30.7. The van der Waals surface area contributed by atoms with E-state index in [-0.39, 0.29) is 0 Å². The van der Waals surface area contributed by atoms with Gasteiger partial charge in [0, 0.05) is 50.2 Å². The van der Waals surface area contributed by atoms with Crippen LogP contribution in [0, 0.1) is 69.8 Å². The van der Waals surface area contributed by atoms with Crippen molar-refractivity contribution in [2.75, 3.05) is 57.0 Å². The molecule has 218 valence electrons. The van der Waals surface area contributed by atoms with Gasteiger partial charge in [0.25, 0.3) is 0 Å². The minimum Gasteiger partial charge on any atom is -0.373 e. The average Bonchev–Trinajstić information content (AvgIpc) is 2.85. The molecule has 0 bridgehead atoms. The summed E-state index contributed by atoms with van der Waals surface area (Å²) < 4.78 is 182. The van der Waals surface area contributed by atoms with E-state index in [4.69, 9.17) is 0 Å². The van der Waals surface area contributed by atoms with Gasteiger partial charge in [0.15, 0.2) is 69.8 Å². The van der Waals surface area contributed by atoms with Gasteiger partial charge in [-0.05, 0) is 0 Å². The molecule has 0 aromatic heterocycles. The summed E-state index contributed by atoms with van der Waals surface area (Å²) in [5.74, 6) is -28.5. The van der Waals surface area contributed by atoms with Gasteiger partial charge in [-0.25, -0.2) is 52.7 Å². The van der Waals surface area contributed by atoms with E-state index in [0.29, 0.717) is 14.7 Å². The van der Waals surface area contributed by atoms with E-state index in [1.54, 1.807) is 0 Å². The van der Waals surface area contributed by atoms with E-state index in [1.165, 1.54) is 0 Å². The standard InChI is InChI=1S/C24H18F12N3P/c1-37(2)19-7(25)13(31)22(14(32)8(19)26)40(23-15(33)9(27)20(38(3)4)10(28)16(23)34)24-17(35)11(29)21(39(5)6)12(30)18(24)36/h1-6H3. The maximum absolute atomic E-state index is 15.4. The molecule has 0 aliphatic heterocycles. The van der Waals surface area contributed by atoms with Crippen molar-refractivity contribution in [2.45, 2.75) is 0 Å². The van der Waals surface area contributed by atoms with Crippen LogP contribution in [0.1, 0.15) is 0 Å². The van der Waals surface area contributed by atoms with Gasteiger partial charge in [-0.15, -0.1) is 0 Å². The monoisotopic (exact) mass is 607 g/mol. The maximum Gasteiger partial charge on any atom is 0.185 e. The minimum absolute atomic E-state index is 0.529. The van der Waals surface area contributed by atoms with Gasteiger partial charge in [0.2, 0.25) is 0 Å². The van der Waals surface area contributed by atoms with E-state index < -0.39 is 111 Å². The van der Waals surface area contributed by atoms with Crippen molar-refractivity contribution in [3.05, 3.63) is 69.8 Å². The summed E-state index contributed by atoms with van der Waals surface area (Å²) in [6, 6.07) is 0. The Morgan fingerprint density at radius 3 is 0.575 bits per heavy atom. The highest BCUT2D eigenvalue weighted by Crippen LogP contribution is 2.45. The van der Waals surface area contributed by atoms with Crippen molar-refractivity contribution in [3.63, 3.8) is 0 Å². The van der Waals surface area contributed by atoms with Crippen molar-refractivity contribution in [2.24, 2.45) is 0 Å². The van der Waals surface area contributed by atoms with E-state index in [2.05, 4.69) is 0 Å². The van der Waals surface area contributed by atoms with Gasteiger partial charge >= 0.3 is 0 Å². The van der Waals surface area contributed by atoms with Gasteiger partial charge in [0.05, 0.1) is 15.9 Å². The molecule has 16 heteroatoms. The third-order valence-electron chi connectivity index (χ3n) is 5.66. The maximum atomic E-state index is 15.4. The second kappa shape index (κ2) is 10.9. The van der Waals surface area contributed by atoms with Gasteiger partial charge < -0.3 is 14.7 Å². The summed E-state index contributed by atoms with van der Waals surface area (Å²) in [6.07, 6.45) is 0. The number of anilines is 3. The lowest BCUT2D eigenvalue weighted by Crippen LogP contribution is -2.37. The quantitative estimate of drug-likeness (QED) is 0.214. The molecular formula is C24H18F12N3P. The van der Waals surface area contributed by atoms with E-state index >= 15 is 26.3 Å². The Bertz CT molecular complexity index is 1260. The van der Waals surface area contributed by atoms with Crippen LogP contribution in [0.4, 0.5) is 69.7 Å². The molecule has 0 aliphatic rings. The fourth-order valence-electron chi connectivity index (χ4n) is 3.93. The zero-order valence-corrected chi connectivity index (χ0v) is 22.2. The van der Waals surface area contributed by atoms with Crippen molar-refractivity contribution in [3.8, 4) is 0 Å². The van der Waals surface area contributed by atoms with Gasteiger partial charge in [-0.3, -0.25) is 0 Å². The lowest BCUT2D eigenvalue weighted by molar-refractivity contribution is 0.459. The topological polar surface area (TPSA) is 9.72 Å². The highest BCUT2D eigenvalue weighted by Gasteiger charge is 2.43. The number of halogens is 12. The minimum atomic E-state index is -4.51. The Hall–Kier alpha value is -3.35. The van der Waals surface area contributed by atoms with Crippen molar-refractivity contribution in [1.29, 1.82) is 0 Å². The van der Waals surface area contributed by atoms with Crippen molar-refractivity contribution < 1.29 is 52.7 Å². The lowest BCUT2D eigenvalue weighted by Gasteiger charge is -2.27. The van der Waals surface area contributed by atoms with E-state index in [9.17, 15) is 26.3 Å². The molecule has 0 spiro atoms. The van der Waals surface area contributed by atoms with Gasteiger partial charge in [0.1, 0.15) is 17.1 Å². The SMILES string of the molecule is CN(C)c1c(F)c(F)c(P(c2c(F)c(F)c(N(C)C)c(F)c2F)c2c(F)c(F)c(N(C)C)c(F)c2F)c(F)c1F. The summed E-state index contributed by atoms with van der Waals surface area (Å²) in [6.45, 7) is 0. The molecule has 0 saturated carbocycles. The molecular weight excluding hydrogens is 589 g/mol. The molecule has 3 aromatic carbocycles. The second-order valence-corrected chi connectivity index (χ2v) is 10.9. The number of hydrogen-bond donors (Lipinski definition) is 0. The molecule has 3 aromatic rings. The number of nitrogens with zero attached hydrogens (tertiary/aromatic N) is 3. The molecule has 0 N–H and O–H groups in total. The van der Waals surface area contributed by atoms with Crippen LogP contribution in [-0.4, -0.2) is 42.3 Å². The van der Waals surface area contributed by atoms with Gasteiger partial charge in [-0.2, -0.15) is 0 Å². The first-order chi connectivity index (χ1) is 18.4. The molecule has 3 rings (SSSR count). The summed E-state index contributed by atoms with van der Waals surface area (Å²) >= 11 is 0. The molecule has 0 atom stereocenters. The first-order valence-electron chi connectivity index (χ1n) is 10.8. The number of rotatable bonds is 6. The Labute approximate surface area is 221 Å². The van der Waals surface area contributed by atoms with Crippen molar-refractivity contribution in [1.82, 2.24) is 0 Å². The molecule has 0 unspecified atom stereocenters. The lowest BCUT2D eigenvalue weighted by atomic mass is 10.2. The van der Waals surface area contributed by atoms with E-state index in [1.807, 2.05) is 0 Å². The molecule has 0 aliphatic carbocycles. The molecule has 0 heterocycles. The third-order valence-corrected chi connectivity index (χ3v) is 8.18. The van der Waals surface area contributed by atoms with Crippen LogP contribution >= 0.6 is 7.92 Å². The molecule has 0 saturated heterocycles. The number of hydrogen-bond acceptors (Lipinski definition) is 3. The van der Waals surface area contributed by atoms with Crippen LogP contribution in [-0.2, 0) is 0 Å². The fourth-order valence-corrected chi connectivity index (χ4v) is 6.37. The van der Waals surface area contributed by atoms with Crippen molar-refractivity contribution >= 4 is 40.9 Å². The zero-order valence-electron chi connectivity index (χ0n) is 21.3. The average molecular weight is 607 g/mol. The highest BCUT2D eigenvalue weighted by molar-refractivity contribution is 7.79. The first-order valence-corrected chi connectivity index (χ1v) is 12.1. The number of benzene rings is 3. The van der Waals surface area contributed by atoms with Crippen LogP contribution in [0.15, 0.2) is 0 Å². The van der Waals surface area contributed by atoms with Crippen LogP contribution in [0.25, 0.3) is 0 Å². The molecule has 3 nitrogen and oxygen atoms in total. The molecule has 40 heavy (non-hydrogen) atoms. The second-order valence-electron chi connectivity index (χ2n) is 8.88. The summed E-state index contributed by atoms with van der Waals surface area (Å²) in [5.41, 5.74) is -4.18. The van der Waals surface area contributed by atoms with Crippen LogP contribution < -0.4 is 30.6 Å². The van der Waals surface area contributed by atoms with Crippen LogP contribution in [0.2, 0.25) is 0 Å². The normalized spacial score (nSPS) is 11.5. The first kappa shape index (κ1) is 31.2. The van der Waals surface area contributed by atoms with Crippen LogP contribution in [0.5, 0.6) is 0 Å². The predicted molar refractivity (Wildman–Crippen MR) is 128 cm³/mol. The molecule has 0 fully saturated rings. The predicted octanol–water partition coefficient (Wildman–Crippen LogP) is 5.31. The summed E-state index contributed by atoms with van der Waals surface area (Å²) in [7, 11) is 1.06. The smallest absolute Gasteiger partial charge is 0.185 e. The molecule has 0 radical (unpaired) electrons. The summed E-state index contributed by atoms with van der Waals surface area (Å²) in [4.78, 5) is 1.59. The Morgan fingerprint density at radius 2 is 0.450 bits per heavy atom. The summed E-state index contributed by atoms with van der Waals surface area (Å²) in [5, 5.41) is -6.50. The Morgan fingerprint density at radius 1 is 0.300 bits per heavy atom. The van der Waals surface area contributed by atoms with Gasteiger partial charge in [-0.1, -0.05) is 0 Å². The molecule has 0 amide bonds. The van der Waals surface area contributed by atoms with E-state index in [0.717, 1.165) is 42.3 Å².